The highest BCUT2D eigenvalue weighted by Crippen LogP contribution is 2.40. The van der Waals surface area contributed by atoms with Gasteiger partial charge in [-0.15, -0.1) is 0 Å². The van der Waals surface area contributed by atoms with Crippen molar-refractivity contribution in [2.45, 2.75) is 24.7 Å². The summed E-state index contributed by atoms with van der Waals surface area (Å²) in [5, 5.41) is 9.39. The molecule has 0 bridgehead atoms. The summed E-state index contributed by atoms with van der Waals surface area (Å²) < 4.78 is 37.4. The molecule has 7 heteroatoms. The zero-order valence-electron chi connectivity index (χ0n) is 18.6. The Morgan fingerprint density at radius 1 is 0.970 bits per heavy atom. The van der Waals surface area contributed by atoms with E-state index >= 15 is 0 Å². The fraction of sp³-hybridized carbons (Fsp3) is 0.154. The van der Waals surface area contributed by atoms with Gasteiger partial charge in [0.15, 0.2) is 9.84 Å². The van der Waals surface area contributed by atoms with Crippen LogP contribution in [0.15, 0.2) is 65.6 Å². The summed E-state index contributed by atoms with van der Waals surface area (Å²) in [6.45, 7) is 4.07. The molecule has 1 heterocycles. The van der Waals surface area contributed by atoms with Crippen molar-refractivity contribution in [2.24, 2.45) is 0 Å². The zero-order chi connectivity index (χ0) is 23.9. The standard InChI is InChI=1S/C26H24FN3O2S/c1-15(2)25-24(16-4-8-19(27)9-5-16)21-12-18(14-28)23(29)13-22(21)26(30-25)17-6-10-20(11-7-17)33(3,31)32/h4-15,28H,29H2,1-3H3. The quantitative estimate of drug-likeness (QED) is 0.289. The number of anilines is 1. The first-order valence-electron chi connectivity index (χ1n) is 10.4. The monoisotopic (exact) mass is 461 g/mol. The normalized spacial score (nSPS) is 11.8. The van der Waals surface area contributed by atoms with Crippen molar-refractivity contribution in [1.82, 2.24) is 4.98 Å². The molecule has 4 aromatic rings. The third-order valence-corrected chi connectivity index (χ3v) is 6.76. The first-order chi connectivity index (χ1) is 15.6. The van der Waals surface area contributed by atoms with E-state index in [1.807, 2.05) is 19.9 Å². The highest BCUT2D eigenvalue weighted by molar-refractivity contribution is 7.90. The van der Waals surface area contributed by atoms with Crippen molar-refractivity contribution >= 4 is 32.5 Å². The zero-order valence-corrected chi connectivity index (χ0v) is 19.4. The molecule has 168 valence electrons. The van der Waals surface area contributed by atoms with Crippen LogP contribution in [0.25, 0.3) is 33.2 Å². The van der Waals surface area contributed by atoms with Crippen LogP contribution in [0.4, 0.5) is 10.1 Å². The van der Waals surface area contributed by atoms with Gasteiger partial charge < -0.3 is 11.1 Å². The van der Waals surface area contributed by atoms with Gasteiger partial charge in [0.25, 0.3) is 0 Å². The fourth-order valence-corrected chi connectivity index (χ4v) is 4.58. The Morgan fingerprint density at radius 3 is 2.12 bits per heavy atom. The fourth-order valence-electron chi connectivity index (χ4n) is 3.95. The molecule has 3 aromatic carbocycles. The van der Waals surface area contributed by atoms with Crippen LogP contribution in [-0.2, 0) is 9.84 Å². The SMILES string of the molecule is CC(C)c1nc(-c2ccc(S(C)(=O)=O)cc2)c2cc(N)c(C=N)cc2c1-c1ccc(F)cc1. The molecule has 0 spiro atoms. The lowest BCUT2D eigenvalue weighted by Gasteiger charge is -2.20. The van der Waals surface area contributed by atoms with E-state index < -0.39 is 9.84 Å². The van der Waals surface area contributed by atoms with Crippen molar-refractivity contribution in [1.29, 1.82) is 5.41 Å². The molecule has 0 amide bonds. The number of nitrogens with two attached hydrogens (primary N) is 1. The second-order valence-electron chi connectivity index (χ2n) is 8.35. The number of nitrogens with zero attached hydrogens (tertiary/aromatic N) is 1. The second-order valence-corrected chi connectivity index (χ2v) is 10.4. The van der Waals surface area contributed by atoms with Crippen LogP contribution in [0.3, 0.4) is 0 Å². The smallest absolute Gasteiger partial charge is 0.175 e. The Hall–Kier alpha value is -3.58. The molecule has 0 fully saturated rings. The van der Waals surface area contributed by atoms with Gasteiger partial charge in [0, 0.05) is 40.2 Å². The summed E-state index contributed by atoms with van der Waals surface area (Å²) in [6.07, 6.45) is 2.38. The number of pyridine rings is 1. The van der Waals surface area contributed by atoms with Gasteiger partial charge in [-0.3, -0.25) is 4.98 Å². The number of benzene rings is 3. The number of halogens is 1. The third-order valence-electron chi connectivity index (χ3n) is 5.63. The minimum absolute atomic E-state index is 0.0458. The lowest BCUT2D eigenvalue weighted by atomic mass is 9.89. The molecule has 0 aliphatic rings. The number of fused-ring (bicyclic) bond motifs is 1. The summed E-state index contributed by atoms with van der Waals surface area (Å²) in [4.78, 5) is 5.23. The molecule has 0 saturated heterocycles. The van der Waals surface area contributed by atoms with E-state index in [2.05, 4.69) is 0 Å². The van der Waals surface area contributed by atoms with Gasteiger partial charge in [-0.05, 0) is 53.3 Å². The van der Waals surface area contributed by atoms with Gasteiger partial charge in [-0.2, -0.15) is 0 Å². The van der Waals surface area contributed by atoms with E-state index in [1.165, 1.54) is 24.6 Å². The maximum atomic E-state index is 13.6. The van der Waals surface area contributed by atoms with E-state index in [-0.39, 0.29) is 16.6 Å². The topological polar surface area (TPSA) is 96.9 Å². The molecule has 5 nitrogen and oxygen atoms in total. The molecular formula is C26H24FN3O2S. The van der Waals surface area contributed by atoms with E-state index in [4.69, 9.17) is 16.1 Å². The van der Waals surface area contributed by atoms with Gasteiger partial charge in [0.05, 0.1) is 16.3 Å². The molecule has 0 atom stereocenters. The number of hydrogen-bond donors (Lipinski definition) is 2. The number of hydrogen-bond acceptors (Lipinski definition) is 5. The third kappa shape index (κ3) is 4.24. The molecule has 3 N–H and O–H groups in total. The Morgan fingerprint density at radius 2 is 1.58 bits per heavy atom. The first kappa shape index (κ1) is 22.6. The molecule has 0 radical (unpaired) electrons. The molecule has 4 rings (SSSR count). The molecule has 0 aliphatic heterocycles. The van der Waals surface area contributed by atoms with Crippen LogP contribution in [0, 0.1) is 11.2 Å². The number of nitrogens with one attached hydrogen (secondary N) is 1. The molecule has 33 heavy (non-hydrogen) atoms. The van der Waals surface area contributed by atoms with Crippen molar-refractivity contribution in [2.75, 3.05) is 12.0 Å². The average molecular weight is 462 g/mol. The maximum absolute atomic E-state index is 13.6. The first-order valence-corrected chi connectivity index (χ1v) is 12.3. The number of sulfone groups is 1. The Bertz CT molecular complexity index is 1480. The van der Waals surface area contributed by atoms with Crippen LogP contribution in [0.1, 0.15) is 31.0 Å². The summed E-state index contributed by atoms with van der Waals surface area (Å²) in [5.74, 6) is -0.279. The van der Waals surface area contributed by atoms with Crippen molar-refractivity contribution < 1.29 is 12.8 Å². The molecular weight excluding hydrogens is 437 g/mol. The number of rotatable bonds is 5. The molecule has 0 aliphatic carbocycles. The molecule has 0 saturated carbocycles. The number of aromatic nitrogens is 1. The lowest BCUT2D eigenvalue weighted by Crippen LogP contribution is -2.03. The van der Waals surface area contributed by atoms with Crippen molar-refractivity contribution in [3.05, 3.63) is 77.7 Å². The van der Waals surface area contributed by atoms with E-state index in [1.54, 1.807) is 42.5 Å². The van der Waals surface area contributed by atoms with Gasteiger partial charge >= 0.3 is 0 Å². The van der Waals surface area contributed by atoms with Crippen molar-refractivity contribution in [3.63, 3.8) is 0 Å². The maximum Gasteiger partial charge on any atom is 0.175 e. The minimum Gasteiger partial charge on any atom is -0.398 e. The Labute approximate surface area is 192 Å². The second kappa shape index (κ2) is 8.41. The summed E-state index contributed by atoms with van der Waals surface area (Å²) in [6, 6.07) is 16.5. The summed E-state index contributed by atoms with van der Waals surface area (Å²) in [7, 11) is -3.32. The van der Waals surface area contributed by atoms with Crippen LogP contribution in [0.2, 0.25) is 0 Å². The minimum atomic E-state index is -3.32. The van der Waals surface area contributed by atoms with E-state index in [0.717, 1.165) is 33.2 Å². The van der Waals surface area contributed by atoms with Crippen LogP contribution < -0.4 is 5.73 Å². The van der Waals surface area contributed by atoms with E-state index in [9.17, 15) is 12.8 Å². The van der Waals surface area contributed by atoms with Crippen molar-refractivity contribution in [3.8, 4) is 22.4 Å². The van der Waals surface area contributed by atoms with Crippen LogP contribution in [-0.4, -0.2) is 25.9 Å². The van der Waals surface area contributed by atoms with Crippen LogP contribution >= 0.6 is 0 Å². The van der Waals surface area contributed by atoms with Gasteiger partial charge in [0.1, 0.15) is 5.82 Å². The van der Waals surface area contributed by atoms with E-state index in [0.29, 0.717) is 16.9 Å². The number of nitrogen functional groups attached to an aromatic ring is 1. The highest BCUT2D eigenvalue weighted by atomic mass is 32.2. The highest BCUT2D eigenvalue weighted by Gasteiger charge is 2.20. The Balaban J connectivity index is 2.11. The predicted molar refractivity (Wildman–Crippen MR) is 132 cm³/mol. The predicted octanol–water partition coefficient (Wildman–Crippen LogP) is 5.81. The van der Waals surface area contributed by atoms with Gasteiger partial charge in [0.2, 0.25) is 0 Å². The van der Waals surface area contributed by atoms with Gasteiger partial charge in [-0.25, -0.2) is 12.8 Å². The lowest BCUT2D eigenvalue weighted by molar-refractivity contribution is 0.602. The summed E-state index contributed by atoms with van der Waals surface area (Å²) in [5.41, 5.74) is 11.2. The Kier molecular flexibility index (Phi) is 5.76. The average Bonchev–Trinajstić information content (AvgIpc) is 2.77. The molecule has 0 unspecified atom stereocenters. The van der Waals surface area contributed by atoms with Crippen LogP contribution in [0.5, 0.6) is 0 Å². The summed E-state index contributed by atoms with van der Waals surface area (Å²) >= 11 is 0. The largest absolute Gasteiger partial charge is 0.398 e. The molecule has 1 aromatic heterocycles. The van der Waals surface area contributed by atoms with Gasteiger partial charge in [-0.1, -0.05) is 38.1 Å².